The van der Waals surface area contributed by atoms with Gasteiger partial charge in [0.25, 0.3) is 0 Å². The normalized spacial score (nSPS) is 12.1. The maximum Gasteiger partial charge on any atom is 0.230 e. The molecule has 146 valence electrons. The average Bonchev–Trinajstić information content (AvgIpc) is 3.21. The van der Waals surface area contributed by atoms with Crippen LogP contribution in [0.25, 0.3) is 22.2 Å². The minimum Gasteiger partial charge on any atom is -0.349 e. The summed E-state index contributed by atoms with van der Waals surface area (Å²) >= 11 is 1.32. The molecule has 0 bridgehead atoms. The molecule has 0 saturated heterocycles. The number of aromatic nitrogens is 3. The van der Waals surface area contributed by atoms with Gasteiger partial charge in [0.15, 0.2) is 5.82 Å². The first-order valence-corrected chi connectivity index (χ1v) is 10.5. The van der Waals surface area contributed by atoms with Crippen LogP contribution in [0.3, 0.4) is 0 Å². The van der Waals surface area contributed by atoms with Gasteiger partial charge in [0.1, 0.15) is 0 Å². The number of benzene rings is 3. The molecule has 0 saturated carbocycles. The summed E-state index contributed by atoms with van der Waals surface area (Å²) in [6, 6.07) is 22.4. The van der Waals surface area contributed by atoms with E-state index in [1.54, 1.807) is 0 Å². The number of carbonyl (C=O) groups is 1. The summed E-state index contributed by atoms with van der Waals surface area (Å²) in [5, 5.41) is 13.1. The van der Waals surface area contributed by atoms with E-state index in [0.717, 1.165) is 16.5 Å². The van der Waals surface area contributed by atoms with Crippen LogP contribution in [-0.2, 0) is 4.79 Å². The molecule has 0 aliphatic heterocycles. The van der Waals surface area contributed by atoms with Crippen LogP contribution in [0.15, 0.2) is 71.9 Å². The summed E-state index contributed by atoms with van der Waals surface area (Å²) in [4.78, 5) is 16.9. The minimum atomic E-state index is -0.0792. The summed E-state index contributed by atoms with van der Waals surface area (Å²) in [5.41, 5.74) is 3.28. The lowest BCUT2D eigenvalue weighted by molar-refractivity contribution is -0.119. The first-order chi connectivity index (χ1) is 14.1. The molecule has 0 spiro atoms. The Morgan fingerprint density at radius 3 is 2.66 bits per heavy atom. The van der Waals surface area contributed by atoms with Crippen LogP contribution in [0, 0.1) is 6.92 Å². The Balaban J connectivity index is 1.37. The number of nitrogens with one attached hydrogen (secondary N) is 2. The van der Waals surface area contributed by atoms with Gasteiger partial charge in [-0.2, -0.15) is 0 Å². The second-order valence-corrected chi connectivity index (χ2v) is 7.92. The number of thioether (sulfide) groups is 1. The minimum absolute atomic E-state index is 0.0443. The molecule has 0 fully saturated rings. The maximum atomic E-state index is 12.5. The number of H-pyrrole nitrogens is 1. The predicted octanol–water partition coefficient (Wildman–Crippen LogP) is 4.90. The maximum absolute atomic E-state index is 12.5. The molecule has 3 aromatic carbocycles. The van der Waals surface area contributed by atoms with Crippen molar-refractivity contribution < 1.29 is 4.79 Å². The molecule has 5 nitrogen and oxygen atoms in total. The number of rotatable bonds is 6. The molecule has 1 amide bonds. The van der Waals surface area contributed by atoms with Crippen molar-refractivity contribution in [2.45, 2.75) is 25.0 Å². The van der Waals surface area contributed by atoms with Gasteiger partial charge >= 0.3 is 0 Å². The molecule has 0 unspecified atom stereocenters. The molecule has 1 heterocycles. The van der Waals surface area contributed by atoms with Gasteiger partial charge in [0.2, 0.25) is 11.1 Å². The molecule has 6 heteroatoms. The van der Waals surface area contributed by atoms with Crippen LogP contribution >= 0.6 is 11.8 Å². The van der Waals surface area contributed by atoms with Crippen LogP contribution in [0.4, 0.5) is 0 Å². The van der Waals surface area contributed by atoms with Gasteiger partial charge in [-0.15, -0.1) is 5.10 Å². The first-order valence-electron chi connectivity index (χ1n) is 9.49. The second kappa shape index (κ2) is 8.49. The Hall–Kier alpha value is -3.12. The van der Waals surface area contributed by atoms with Crippen molar-refractivity contribution in [2.75, 3.05) is 5.75 Å². The molecule has 29 heavy (non-hydrogen) atoms. The number of hydrogen-bond acceptors (Lipinski definition) is 4. The van der Waals surface area contributed by atoms with Gasteiger partial charge in [-0.3, -0.25) is 9.89 Å². The van der Waals surface area contributed by atoms with E-state index in [1.165, 1.54) is 22.7 Å². The fourth-order valence-corrected chi connectivity index (χ4v) is 3.88. The molecule has 1 aromatic heterocycles. The summed E-state index contributed by atoms with van der Waals surface area (Å²) in [5.74, 6) is 0.925. The number of aryl methyl sites for hydroxylation is 1. The van der Waals surface area contributed by atoms with Crippen molar-refractivity contribution in [3.63, 3.8) is 0 Å². The smallest absolute Gasteiger partial charge is 0.230 e. The van der Waals surface area contributed by atoms with E-state index >= 15 is 0 Å². The van der Waals surface area contributed by atoms with E-state index in [4.69, 9.17) is 0 Å². The standard InChI is InChI=1S/C23H22N4OS/c1-15-10-12-18(13-11-15)22-25-23(27-26-22)29-14-21(28)24-16(2)19-9-5-7-17-6-3-4-8-20(17)19/h3-13,16H,14H2,1-2H3,(H,24,28)(H,25,26,27)/t16-/m1/s1. The molecule has 0 aliphatic carbocycles. The fourth-order valence-electron chi connectivity index (χ4n) is 3.27. The van der Waals surface area contributed by atoms with Gasteiger partial charge in [-0.1, -0.05) is 84.1 Å². The Kier molecular flexibility index (Phi) is 5.62. The van der Waals surface area contributed by atoms with E-state index in [0.29, 0.717) is 11.0 Å². The third kappa shape index (κ3) is 4.49. The summed E-state index contributed by atoms with van der Waals surface area (Å²) in [7, 11) is 0. The monoisotopic (exact) mass is 402 g/mol. The number of fused-ring (bicyclic) bond motifs is 1. The van der Waals surface area contributed by atoms with E-state index in [9.17, 15) is 4.79 Å². The van der Waals surface area contributed by atoms with E-state index in [2.05, 4.69) is 44.8 Å². The highest BCUT2D eigenvalue weighted by molar-refractivity contribution is 7.99. The molecule has 1 atom stereocenters. The highest BCUT2D eigenvalue weighted by atomic mass is 32.2. The van der Waals surface area contributed by atoms with Crippen molar-refractivity contribution in [1.29, 1.82) is 0 Å². The van der Waals surface area contributed by atoms with Gasteiger partial charge in [-0.05, 0) is 30.2 Å². The number of aromatic amines is 1. The summed E-state index contributed by atoms with van der Waals surface area (Å²) in [6.07, 6.45) is 0. The largest absolute Gasteiger partial charge is 0.349 e. The van der Waals surface area contributed by atoms with E-state index < -0.39 is 0 Å². The molecular weight excluding hydrogens is 380 g/mol. The number of hydrogen-bond donors (Lipinski definition) is 2. The Morgan fingerprint density at radius 1 is 1.07 bits per heavy atom. The van der Waals surface area contributed by atoms with Gasteiger partial charge in [-0.25, -0.2) is 4.98 Å². The summed E-state index contributed by atoms with van der Waals surface area (Å²) < 4.78 is 0. The lowest BCUT2D eigenvalue weighted by Crippen LogP contribution is -2.28. The number of carbonyl (C=O) groups excluding carboxylic acids is 1. The molecule has 4 rings (SSSR count). The lowest BCUT2D eigenvalue weighted by Gasteiger charge is -2.16. The highest BCUT2D eigenvalue weighted by Gasteiger charge is 2.14. The summed E-state index contributed by atoms with van der Waals surface area (Å²) in [6.45, 7) is 4.05. The zero-order valence-electron chi connectivity index (χ0n) is 16.3. The van der Waals surface area contributed by atoms with Crippen molar-refractivity contribution >= 4 is 28.4 Å². The predicted molar refractivity (Wildman–Crippen MR) is 118 cm³/mol. The third-order valence-corrected chi connectivity index (χ3v) is 5.64. The molecule has 0 aliphatic rings. The molecule has 4 aromatic rings. The quantitative estimate of drug-likeness (QED) is 0.450. The number of amides is 1. The van der Waals surface area contributed by atoms with E-state index in [-0.39, 0.29) is 17.7 Å². The Bertz CT molecular complexity index is 1130. The lowest BCUT2D eigenvalue weighted by atomic mass is 10.00. The van der Waals surface area contributed by atoms with Gasteiger partial charge < -0.3 is 5.32 Å². The Morgan fingerprint density at radius 2 is 1.83 bits per heavy atom. The van der Waals surface area contributed by atoms with Crippen LogP contribution in [0.2, 0.25) is 0 Å². The van der Waals surface area contributed by atoms with Crippen molar-refractivity contribution in [3.05, 3.63) is 77.9 Å². The van der Waals surface area contributed by atoms with E-state index in [1.807, 2.05) is 56.3 Å². The molecule has 0 radical (unpaired) electrons. The van der Waals surface area contributed by atoms with Crippen molar-refractivity contribution in [1.82, 2.24) is 20.5 Å². The average molecular weight is 403 g/mol. The second-order valence-electron chi connectivity index (χ2n) is 6.98. The highest BCUT2D eigenvalue weighted by Crippen LogP contribution is 2.24. The van der Waals surface area contributed by atoms with Crippen LogP contribution in [-0.4, -0.2) is 26.8 Å². The third-order valence-electron chi connectivity index (χ3n) is 4.79. The van der Waals surface area contributed by atoms with Crippen molar-refractivity contribution in [3.8, 4) is 11.4 Å². The van der Waals surface area contributed by atoms with Crippen LogP contribution < -0.4 is 5.32 Å². The number of nitrogens with zero attached hydrogens (tertiary/aromatic N) is 2. The van der Waals surface area contributed by atoms with Gasteiger partial charge in [0, 0.05) is 5.56 Å². The molecule has 2 N–H and O–H groups in total. The topological polar surface area (TPSA) is 70.7 Å². The van der Waals surface area contributed by atoms with Crippen LogP contribution in [0.1, 0.15) is 24.1 Å². The van der Waals surface area contributed by atoms with Crippen molar-refractivity contribution in [2.24, 2.45) is 0 Å². The SMILES string of the molecule is Cc1ccc(-c2nc(SCC(=O)N[C@H](C)c3cccc4ccccc34)n[nH]2)cc1. The first kappa shape index (κ1) is 19.2. The van der Waals surface area contributed by atoms with Gasteiger partial charge in [0.05, 0.1) is 11.8 Å². The molecular formula is C23H22N4OS. The zero-order chi connectivity index (χ0) is 20.2. The fraction of sp³-hybridized carbons (Fsp3) is 0.174. The van der Waals surface area contributed by atoms with Crippen LogP contribution in [0.5, 0.6) is 0 Å². The Labute approximate surface area is 174 Å². The zero-order valence-corrected chi connectivity index (χ0v) is 17.2.